The maximum absolute atomic E-state index is 5.88. The second kappa shape index (κ2) is 5.66. The van der Waals surface area contributed by atoms with Gasteiger partial charge in [0.05, 0.1) is 11.9 Å². The van der Waals surface area contributed by atoms with Gasteiger partial charge in [0, 0.05) is 11.6 Å². The molecule has 0 aliphatic carbocycles. The van der Waals surface area contributed by atoms with Crippen molar-refractivity contribution < 1.29 is 4.74 Å². The van der Waals surface area contributed by atoms with E-state index in [-0.39, 0.29) is 0 Å². The first-order valence-electron chi connectivity index (χ1n) is 5.30. The molecule has 0 spiro atoms. The van der Waals surface area contributed by atoms with Crippen molar-refractivity contribution >= 4 is 11.6 Å². The number of aromatic nitrogens is 1. The van der Waals surface area contributed by atoms with E-state index in [0.717, 1.165) is 17.0 Å². The summed E-state index contributed by atoms with van der Waals surface area (Å²) in [6.07, 6.45) is 1.67. The van der Waals surface area contributed by atoms with Gasteiger partial charge in [-0.15, -0.1) is 0 Å². The lowest BCUT2D eigenvalue weighted by atomic mass is 10.2. The second-order valence-corrected chi connectivity index (χ2v) is 4.04. The van der Waals surface area contributed by atoms with Crippen molar-refractivity contribution in [2.45, 2.75) is 13.2 Å². The first-order valence-corrected chi connectivity index (χ1v) is 5.68. The molecule has 2 N–H and O–H groups in total. The molecule has 0 amide bonds. The predicted molar refractivity (Wildman–Crippen MR) is 67.9 cm³/mol. The molecule has 0 fully saturated rings. The normalized spacial score (nSPS) is 10.2. The molecule has 0 radical (unpaired) electrons. The lowest BCUT2D eigenvalue weighted by Crippen LogP contribution is -2.00. The smallest absolute Gasteiger partial charge is 0.138 e. The molecule has 0 saturated carbocycles. The van der Waals surface area contributed by atoms with E-state index in [1.807, 2.05) is 36.4 Å². The van der Waals surface area contributed by atoms with E-state index in [2.05, 4.69) is 4.98 Å². The minimum absolute atomic E-state index is 0.439. The lowest BCUT2D eigenvalue weighted by molar-refractivity contribution is 0.305. The minimum Gasteiger partial charge on any atom is -0.487 e. The van der Waals surface area contributed by atoms with E-state index in [1.165, 1.54) is 0 Å². The average molecular weight is 249 g/mol. The fourth-order valence-corrected chi connectivity index (χ4v) is 1.62. The van der Waals surface area contributed by atoms with E-state index in [0.29, 0.717) is 18.2 Å². The maximum atomic E-state index is 5.88. The van der Waals surface area contributed by atoms with Crippen LogP contribution in [0.2, 0.25) is 5.02 Å². The fraction of sp³-hybridized carbons (Fsp3) is 0.154. The van der Waals surface area contributed by atoms with Crippen LogP contribution >= 0.6 is 11.6 Å². The third-order valence-electron chi connectivity index (χ3n) is 2.30. The molecule has 2 aromatic rings. The molecule has 0 unspecified atom stereocenters. The van der Waals surface area contributed by atoms with E-state index in [4.69, 9.17) is 22.1 Å². The summed E-state index contributed by atoms with van der Waals surface area (Å²) in [7, 11) is 0. The van der Waals surface area contributed by atoms with Crippen LogP contribution in [-0.2, 0) is 13.2 Å². The quantitative estimate of drug-likeness (QED) is 0.905. The largest absolute Gasteiger partial charge is 0.487 e. The van der Waals surface area contributed by atoms with Crippen molar-refractivity contribution in [3.05, 3.63) is 58.9 Å². The van der Waals surface area contributed by atoms with Crippen LogP contribution in [0.5, 0.6) is 5.75 Å². The lowest BCUT2D eigenvalue weighted by Gasteiger charge is -2.06. The standard InChI is InChI=1S/C13H13ClN2O/c14-11-3-1-2-10(6-11)9-17-13-5-4-12(7-15)16-8-13/h1-6,8H,7,9,15H2. The van der Waals surface area contributed by atoms with E-state index in [1.54, 1.807) is 6.20 Å². The van der Waals surface area contributed by atoms with Crippen LogP contribution in [0.3, 0.4) is 0 Å². The van der Waals surface area contributed by atoms with Crippen molar-refractivity contribution in [3.8, 4) is 5.75 Å². The van der Waals surface area contributed by atoms with Crippen LogP contribution in [0.4, 0.5) is 0 Å². The van der Waals surface area contributed by atoms with Gasteiger partial charge in [-0.1, -0.05) is 23.7 Å². The number of nitrogens with two attached hydrogens (primary N) is 1. The summed E-state index contributed by atoms with van der Waals surface area (Å²) in [5, 5.41) is 0.711. The van der Waals surface area contributed by atoms with Crippen LogP contribution in [0, 0.1) is 0 Å². The minimum atomic E-state index is 0.439. The van der Waals surface area contributed by atoms with Gasteiger partial charge in [0.25, 0.3) is 0 Å². The zero-order valence-electron chi connectivity index (χ0n) is 9.27. The second-order valence-electron chi connectivity index (χ2n) is 3.61. The average Bonchev–Trinajstić information content (AvgIpc) is 2.37. The topological polar surface area (TPSA) is 48.1 Å². The summed E-state index contributed by atoms with van der Waals surface area (Å²) >= 11 is 5.88. The molecule has 0 atom stereocenters. The summed E-state index contributed by atoms with van der Waals surface area (Å²) in [5.41, 5.74) is 7.34. The van der Waals surface area contributed by atoms with E-state index < -0.39 is 0 Å². The molecule has 1 aromatic carbocycles. The molecule has 0 aliphatic heterocycles. The van der Waals surface area contributed by atoms with Gasteiger partial charge in [0.2, 0.25) is 0 Å². The van der Waals surface area contributed by atoms with Crippen LogP contribution in [0.1, 0.15) is 11.3 Å². The van der Waals surface area contributed by atoms with Crippen molar-refractivity contribution in [1.82, 2.24) is 4.98 Å². The molecule has 3 nitrogen and oxygen atoms in total. The van der Waals surface area contributed by atoms with Gasteiger partial charge >= 0.3 is 0 Å². The molecule has 1 aromatic heterocycles. The molecular weight excluding hydrogens is 236 g/mol. The Morgan fingerprint density at radius 1 is 1.24 bits per heavy atom. The summed E-state index contributed by atoms with van der Waals surface area (Å²) in [5.74, 6) is 0.724. The van der Waals surface area contributed by atoms with Crippen LogP contribution in [0.25, 0.3) is 0 Å². The van der Waals surface area contributed by atoms with E-state index in [9.17, 15) is 0 Å². The maximum Gasteiger partial charge on any atom is 0.138 e. The molecule has 0 bridgehead atoms. The van der Waals surface area contributed by atoms with Gasteiger partial charge in [-0.2, -0.15) is 0 Å². The van der Waals surface area contributed by atoms with Gasteiger partial charge in [-0.05, 0) is 29.8 Å². The zero-order valence-corrected chi connectivity index (χ0v) is 10.0. The number of nitrogens with zero attached hydrogens (tertiary/aromatic N) is 1. The molecule has 0 saturated heterocycles. The zero-order chi connectivity index (χ0) is 12.1. The molecule has 1 heterocycles. The van der Waals surface area contributed by atoms with Crippen LogP contribution in [-0.4, -0.2) is 4.98 Å². The highest BCUT2D eigenvalue weighted by Crippen LogP contribution is 2.14. The number of rotatable bonds is 4. The van der Waals surface area contributed by atoms with Crippen LogP contribution < -0.4 is 10.5 Å². The van der Waals surface area contributed by atoms with Crippen molar-refractivity contribution in [1.29, 1.82) is 0 Å². The molecule has 2 rings (SSSR count). The van der Waals surface area contributed by atoms with Crippen molar-refractivity contribution in [2.24, 2.45) is 5.73 Å². The Kier molecular flexibility index (Phi) is 3.96. The summed E-state index contributed by atoms with van der Waals surface area (Å²) in [6, 6.07) is 11.3. The fourth-order valence-electron chi connectivity index (χ4n) is 1.41. The Morgan fingerprint density at radius 3 is 2.76 bits per heavy atom. The summed E-state index contributed by atoms with van der Waals surface area (Å²) < 4.78 is 5.58. The summed E-state index contributed by atoms with van der Waals surface area (Å²) in [4.78, 5) is 4.15. The van der Waals surface area contributed by atoms with Gasteiger partial charge in [0.1, 0.15) is 12.4 Å². The number of halogens is 1. The first-order chi connectivity index (χ1) is 8.28. The van der Waals surface area contributed by atoms with Gasteiger partial charge in [0.15, 0.2) is 0 Å². The monoisotopic (exact) mass is 248 g/mol. The molecule has 4 heteroatoms. The van der Waals surface area contributed by atoms with Crippen LogP contribution in [0.15, 0.2) is 42.6 Å². The molecular formula is C13H13ClN2O. The highest BCUT2D eigenvalue weighted by molar-refractivity contribution is 6.30. The number of pyridine rings is 1. The van der Waals surface area contributed by atoms with E-state index >= 15 is 0 Å². The Balaban J connectivity index is 1.97. The Labute approximate surface area is 105 Å². The van der Waals surface area contributed by atoms with Gasteiger partial charge in [-0.3, -0.25) is 4.98 Å². The number of hydrogen-bond acceptors (Lipinski definition) is 3. The van der Waals surface area contributed by atoms with Crippen molar-refractivity contribution in [3.63, 3.8) is 0 Å². The Morgan fingerprint density at radius 2 is 2.12 bits per heavy atom. The highest BCUT2D eigenvalue weighted by atomic mass is 35.5. The number of benzene rings is 1. The van der Waals surface area contributed by atoms with Gasteiger partial charge < -0.3 is 10.5 Å². The molecule has 17 heavy (non-hydrogen) atoms. The highest BCUT2D eigenvalue weighted by Gasteiger charge is 1.98. The Hall–Kier alpha value is -1.58. The number of hydrogen-bond donors (Lipinski definition) is 1. The third-order valence-corrected chi connectivity index (χ3v) is 2.54. The summed E-state index contributed by atoms with van der Waals surface area (Å²) in [6.45, 7) is 0.915. The Bertz CT molecular complexity index is 485. The number of ether oxygens (including phenoxy) is 1. The third kappa shape index (κ3) is 3.44. The molecule has 88 valence electrons. The van der Waals surface area contributed by atoms with Gasteiger partial charge in [-0.25, -0.2) is 0 Å². The first kappa shape index (κ1) is 11.9. The predicted octanol–water partition coefficient (Wildman–Crippen LogP) is 2.77. The van der Waals surface area contributed by atoms with Crippen molar-refractivity contribution in [2.75, 3.05) is 0 Å². The molecule has 0 aliphatic rings. The SMILES string of the molecule is NCc1ccc(OCc2cccc(Cl)c2)cn1.